The third-order valence-electron chi connectivity index (χ3n) is 12.2. The molecule has 1 aliphatic carbocycles. The molecule has 0 atom stereocenters. The SMILES string of the molecule is C1=C(c2ccc3c(c2)c2ccccc2n3-c2ccccc2)CCc2c1sc1cc(-c3nc(-c4ccccc4)nc(-c4cc(-c5ccccc5)cc(-c5ccccc5)c4)n3)ccc21. The quantitative estimate of drug-likeness (QED) is 0.161. The summed E-state index contributed by atoms with van der Waals surface area (Å²) in [6.45, 7) is 0. The van der Waals surface area contributed by atoms with Crippen LogP contribution in [-0.4, -0.2) is 19.5 Å². The van der Waals surface area contributed by atoms with Gasteiger partial charge in [0, 0.05) is 42.7 Å². The van der Waals surface area contributed by atoms with Gasteiger partial charge in [0.05, 0.1) is 11.0 Å². The van der Waals surface area contributed by atoms with Crippen LogP contribution in [0, 0.1) is 0 Å². The second-order valence-corrected chi connectivity index (χ2v) is 17.0. The number of thiophene rings is 1. The van der Waals surface area contributed by atoms with Crippen LogP contribution in [0.1, 0.15) is 22.4 Å². The number of aromatic nitrogens is 4. The van der Waals surface area contributed by atoms with E-state index in [1.54, 1.807) is 0 Å². The number of fused-ring (bicyclic) bond motifs is 6. The molecule has 0 fully saturated rings. The van der Waals surface area contributed by atoms with Crippen LogP contribution < -0.4 is 0 Å². The normalized spacial score (nSPS) is 12.5. The minimum atomic E-state index is 0.644. The van der Waals surface area contributed by atoms with Crippen molar-refractivity contribution >= 4 is 54.9 Å². The maximum absolute atomic E-state index is 5.25. The predicted molar refractivity (Wildman–Crippen MR) is 259 cm³/mol. The first kappa shape index (κ1) is 36.1. The zero-order chi connectivity index (χ0) is 41.0. The van der Waals surface area contributed by atoms with Crippen molar-refractivity contribution < 1.29 is 0 Å². The van der Waals surface area contributed by atoms with E-state index in [1.165, 1.54) is 59.2 Å². The predicted octanol–water partition coefficient (Wildman–Crippen LogP) is 15.0. The van der Waals surface area contributed by atoms with Crippen LogP contribution >= 0.6 is 11.3 Å². The van der Waals surface area contributed by atoms with Crippen molar-refractivity contribution in [2.24, 2.45) is 0 Å². The van der Waals surface area contributed by atoms with Gasteiger partial charge in [-0.25, -0.2) is 15.0 Å². The lowest BCUT2D eigenvalue weighted by Crippen LogP contribution is -2.00. The Morgan fingerprint density at radius 3 is 1.61 bits per heavy atom. The lowest BCUT2D eigenvalue weighted by Gasteiger charge is -2.15. The van der Waals surface area contributed by atoms with Gasteiger partial charge in [0.1, 0.15) is 0 Å². The number of allylic oxidation sites excluding steroid dienone is 1. The van der Waals surface area contributed by atoms with E-state index >= 15 is 0 Å². The number of benzene rings is 8. The first-order chi connectivity index (χ1) is 30.7. The molecular weight excluding hydrogens is 773 g/mol. The molecule has 1 aliphatic rings. The topological polar surface area (TPSA) is 43.6 Å². The van der Waals surface area contributed by atoms with Gasteiger partial charge in [-0.05, 0) is 118 Å². The molecule has 4 nitrogen and oxygen atoms in total. The summed E-state index contributed by atoms with van der Waals surface area (Å²) >= 11 is 1.86. The Balaban J connectivity index is 0.951. The van der Waals surface area contributed by atoms with Gasteiger partial charge in [-0.3, -0.25) is 0 Å². The zero-order valence-electron chi connectivity index (χ0n) is 33.7. The molecule has 5 heteroatoms. The van der Waals surface area contributed by atoms with E-state index in [4.69, 9.17) is 15.0 Å². The van der Waals surface area contributed by atoms with Crippen LogP contribution in [0.25, 0.3) is 106 Å². The maximum Gasteiger partial charge on any atom is 0.164 e. The van der Waals surface area contributed by atoms with Crippen molar-refractivity contribution in [1.29, 1.82) is 0 Å². The van der Waals surface area contributed by atoms with Crippen molar-refractivity contribution in [2.45, 2.75) is 12.8 Å². The summed E-state index contributed by atoms with van der Waals surface area (Å²) in [7, 11) is 0. The fourth-order valence-electron chi connectivity index (χ4n) is 9.13. The summed E-state index contributed by atoms with van der Waals surface area (Å²) in [5.74, 6) is 1.96. The minimum Gasteiger partial charge on any atom is -0.309 e. The Morgan fingerprint density at radius 2 is 0.919 bits per heavy atom. The van der Waals surface area contributed by atoms with E-state index in [2.05, 4.69) is 193 Å². The molecule has 62 heavy (non-hydrogen) atoms. The molecule has 11 aromatic rings. The number of para-hydroxylation sites is 2. The van der Waals surface area contributed by atoms with Crippen molar-refractivity contribution in [1.82, 2.24) is 19.5 Å². The molecule has 0 amide bonds. The summed E-state index contributed by atoms with van der Waals surface area (Å²) in [4.78, 5) is 16.9. The number of hydrogen-bond donors (Lipinski definition) is 0. The van der Waals surface area contributed by atoms with E-state index in [1.807, 2.05) is 29.5 Å². The Labute approximate surface area is 363 Å². The first-order valence-corrected chi connectivity index (χ1v) is 21.9. The molecule has 0 aliphatic heterocycles. The maximum atomic E-state index is 5.25. The monoisotopic (exact) mass is 810 g/mol. The summed E-state index contributed by atoms with van der Waals surface area (Å²) < 4.78 is 3.63. The third kappa shape index (κ3) is 6.42. The average molecular weight is 811 g/mol. The lowest BCUT2D eigenvalue weighted by molar-refractivity contribution is 1.02. The second kappa shape index (κ2) is 15.1. The van der Waals surface area contributed by atoms with Gasteiger partial charge in [-0.1, -0.05) is 146 Å². The number of rotatable bonds is 7. The number of nitrogens with zero attached hydrogens (tertiary/aromatic N) is 4. The molecule has 8 aromatic carbocycles. The number of hydrogen-bond acceptors (Lipinski definition) is 4. The molecular formula is C57H38N4S. The molecule has 292 valence electrons. The fraction of sp³-hybridized carbons (Fsp3) is 0.0351. The van der Waals surface area contributed by atoms with Crippen molar-refractivity contribution in [3.05, 3.63) is 216 Å². The molecule has 0 radical (unpaired) electrons. The third-order valence-corrected chi connectivity index (χ3v) is 13.3. The number of aryl methyl sites for hydroxylation is 1. The molecule has 0 spiro atoms. The van der Waals surface area contributed by atoms with Gasteiger partial charge in [0.2, 0.25) is 0 Å². The Kier molecular flexibility index (Phi) is 8.79. The minimum absolute atomic E-state index is 0.644. The Bertz CT molecular complexity index is 3440. The van der Waals surface area contributed by atoms with E-state index < -0.39 is 0 Å². The van der Waals surface area contributed by atoms with Gasteiger partial charge in [0.15, 0.2) is 17.5 Å². The molecule has 0 bridgehead atoms. The van der Waals surface area contributed by atoms with Gasteiger partial charge in [-0.15, -0.1) is 11.3 Å². The molecule has 0 unspecified atom stereocenters. The van der Waals surface area contributed by atoms with Gasteiger partial charge in [0.25, 0.3) is 0 Å². The summed E-state index contributed by atoms with van der Waals surface area (Å²) in [6, 6.07) is 71.1. The molecule has 0 saturated carbocycles. The molecule has 0 N–H and O–H groups in total. The van der Waals surface area contributed by atoms with Gasteiger partial charge < -0.3 is 4.57 Å². The van der Waals surface area contributed by atoms with E-state index in [0.29, 0.717) is 17.5 Å². The highest BCUT2D eigenvalue weighted by molar-refractivity contribution is 7.20. The molecule has 12 rings (SSSR count). The van der Waals surface area contributed by atoms with Crippen molar-refractivity contribution in [3.63, 3.8) is 0 Å². The van der Waals surface area contributed by atoms with Gasteiger partial charge >= 0.3 is 0 Å². The fourth-order valence-corrected chi connectivity index (χ4v) is 10.4. The van der Waals surface area contributed by atoms with Crippen LogP contribution in [-0.2, 0) is 6.42 Å². The summed E-state index contributed by atoms with van der Waals surface area (Å²) in [5.41, 5.74) is 15.1. The summed E-state index contributed by atoms with van der Waals surface area (Å²) in [5, 5.41) is 3.87. The summed E-state index contributed by atoms with van der Waals surface area (Å²) in [6.07, 6.45) is 4.42. The Hall–Kier alpha value is -7.73. The highest BCUT2D eigenvalue weighted by Gasteiger charge is 2.21. The van der Waals surface area contributed by atoms with Crippen LogP contribution in [0.4, 0.5) is 0 Å². The van der Waals surface area contributed by atoms with Crippen LogP contribution in [0.2, 0.25) is 0 Å². The average Bonchev–Trinajstić information content (AvgIpc) is 3.89. The highest BCUT2D eigenvalue weighted by Crippen LogP contribution is 2.43. The van der Waals surface area contributed by atoms with E-state index in [0.717, 1.165) is 51.8 Å². The van der Waals surface area contributed by atoms with Gasteiger partial charge in [-0.2, -0.15) is 0 Å². The van der Waals surface area contributed by atoms with E-state index in [-0.39, 0.29) is 0 Å². The van der Waals surface area contributed by atoms with Crippen LogP contribution in [0.5, 0.6) is 0 Å². The zero-order valence-corrected chi connectivity index (χ0v) is 34.6. The molecule has 3 heterocycles. The Morgan fingerprint density at radius 1 is 0.371 bits per heavy atom. The van der Waals surface area contributed by atoms with Crippen molar-refractivity contribution in [2.75, 3.05) is 0 Å². The van der Waals surface area contributed by atoms with Crippen LogP contribution in [0.3, 0.4) is 0 Å². The lowest BCUT2D eigenvalue weighted by atomic mass is 9.90. The molecule has 0 saturated heterocycles. The van der Waals surface area contributed by atoms with E-state index in [9.17, 15) is 0 Å². The molecule has 3 aromatic heterocycles. The second-order valence-electron chi connectivity index (χ2n) is 15.9. The highest BCUT2D eigenvalue weighted by atomic mass is 32.1. The largest absolute Gasteiger partial charge is 0.309 e. The van der Waals surface area contributed by atoms with Crippen molar-refractivity contribution in [3.8, 4) is 62.1 Å². The first-order valence-electron chi connectivity index (χ1n) is 21.1. The van der Waals surface area contributed by atoms with Crippen LogP contribution in [0.15, 0.2) is 200 Å². The standard InChI is InChI=1S/C57H38N4S/c1-5-15-37(16-6-1)43-31-44(38-17-7-2-8-18-38)33-45(32-43)57-59-55(39-19-9-3-10-20-39)58-56(60-57)42-26-29-49-48-28-25-41(35-53(48)62-54(49)36-42)40-27-30-52-50(34-40)47-23-13-14-24-51(47)61(52)46-21-11-4-12-22-46/h1-24,26-27,29-36H,25,28H2. The smallest absolute Gasteiger partial charge is 0.164 e.